The maximum Gasteiger partial charge on any atom is 0.138 e. The quantitative estimate of drug-likeness (QED) is 0.844. The molecule has 0 amide bonds. The largest absolute Gasteiger partial charge is 0.340 e. The van der Waals surface area contributed by atoms with E-state index < -0.39 is 0 Å². The fourth-order valence-corrected chi connectivity index (χ4v) is 2.28. The number of hydrogen-bond acceptors (Lipinski definition) is 3. The standard InChI is InChI=1S/C14H15ClFN3/c1-8(2)12-13(15)17-7-18-14(12)19-11-5-9(3)4-10(16)6-11/h4-8H,1-3H3,(H,17,18,19). The summed E-state index contributed by atoms with van der Waals surface area (Å²) in [5, 5.41) is 3.52. The first kappa shape index (κ1) is 13.7. The van der Waals surface area contributed by atoms with E-state index >= 15 is 0 Å². The Morgan fingerprint density at radius 3 is 2.58 bits per heavy atom. The molecule has 5 heteroatoms. The Balaban J connectivity index is 2.40. The Morgan fingerprint density at radius 1 is 1.21 bits per heavy atom. The van der Waals surface area contributed by atoms with Crippen LogP contribution in [0.15, 0.2) is 24.5 Å². The molecule has 1 aromatic heterocycles. The predicted octanol–water partition coefficient (Wildman–Crippen LogP) is 4.44. The van der Waals surface area contributed by atoms with Crippen LogP contribution in [-0.2, 0) is 0 Å². The van der Waals surface area contributed by atoms with Crippen LogP contribution in [0.3, 0.4) is 0 Å². The van der Waals surface area contributed by atoms with Gasteiger partial charge in [-0.2, -0.15) is 0 Å². The van der Waals surface area contributed by atoms with Crippen LogP contribution in [0.25, 0.3) is 0 Å². The van der Waals surface area contributed by atoms with Gasteiger partial charge in [-0.3, -0.25) is 0 Å². The molecule has 1 N–H and O–H groups in total. The normalized spacial score (nSPS) is 10.8. The maximum absolute atomic E-state index is 13.4. The van der Waals surface area contributed by atoms with Gasteiger partial charge in [-0.05, 0) is 36.6 Å². The molecule has 1 aromatic carbocycles. The Labute approximate surface area is 116 Å². The molecule has 0 atom stereocenters. The molecule has 3 nitrogen and oxygen atoms in total. The van der Waals surface area contributed by atoms with Crippen LogP contribution in [0.5, 0.6) is 0 Å². The molecular formula is C14H15ClFN3. The van der Waals surface area contributed by atoms with Crippen molar-refractivity contribution in [1.29, 1.82) is 0 Å². The van der Waals surface area contributed by atoms with Gasteiger partial charge in [0.05, 0.1) is 0 Å². The molecule has 19 heavy (non-hydrogen) atoms. The second-order valence-corrected chi connectivity index (χ2v) is 5.08. The van der Waals surface area contributed by atoms with Crippen molar-refractivity contribution >= 4 is 23.1 Å². The van der Waals surface area contributed by atoms with E-state index in [1.165, 1.54) is 18.5 Å². The van der Waals surface area contributed by atoms with Crippen LogP contribution >= 0.6 is 11.6 Å². The van der Waals surface area contributed by atoms with Gasteiger partial charge >= 0.3 is 0 Å². The minimum Gasteiger partial charge on any atom is -0.340 e. The number of nitrogens with zero attached hydrogens (tertiary/aromatic N) is 2. The topological polar surface area (TPSA) is 37.8 Å². The van der Waals surface area contributed by atoms with Crippen molar-refractivity contribution in [1.82, 2.24) is 9.97 Å². The van der Waals surface area contributed by atoms with Crippen LogP contribution in [-0.4, -0.2) is 9.97 Å². The van der Waals surface area contributed by atoms with Crippen molar-refractivity contribution < 1.29 is 4.39 Å². The fraction of sp³-hybridized carbons (Fsp3) is 0.286. The molecule has 0 radical (unpaired) electrons. The van der Waals surface area contributed by atoms with E-state index in [0.717, 1.165) is 11.1 Å². The molecular weight excluding hydrogens is 265 g/mol. The number of aryl methyl sites for hydroxylation is 1. The Hall–Kier alpha value is -1.68. The highest BCUT2D eigenvalue weighted by Crippen LogP contribution is 2.30. The predicted molar refractivity (Wildman–Crippen MR) is 75.6 cm³/mol. The summed E-state index contributed by atoms with van der Waals surface area (Å²) >= 11 is 6.09. The first-order valence-electron chi connectivity index (χ1n) is 6.02. The fourth-order valence-electron chi connectivity index (χ4n) is 1.93. The van der Waals surface area contributed by atoms with Gasteiger partial charge in [0, 0.05) is 11.3 Å². The van der Waals surface area contributed by atoms with Crippen molar-refractivity contribution in [2.75, 3.05) is 5.32 Å². The van der Waals surface area contributed by atoms with Gasteiger partial charge < -0.3 is 5.32 Å². The summed E-state index contributed by atoms with van der Waals surface area (Å²) in [7, 11) is 0. The molecule has 2 aromatic rings. The molecule has 0 aliphatic carbocycles. The molecule has 0 aliphatic heterocycles. The van der Waals surface area contributed by atoms with E-state index in [2.05, 4.69) is 15.3 Å². The highest BCUT2D eigenvalue weighted by molar-refractivity contribution is 6.30. The lowest BCUT2D eigenvalue weighted by Gasteiger charge is -2.14. The van der Waals surface area contributed by atoms with Gasteiger partial charge in [-0.15, -0.1) is 0 Å². The molecule has 0 aliphatic rings. The molecule has 2 rings (SSSR count). The van der Waals surface area contributed by atoms with E-state index in [9.17, 15) is 4.39 Å². The summed E-state index contributed by atoms with van der Waals surface area (Å²) in [6, 6.07) is 4.75. The zero-order valence-electron chi connectivity index (χ0n) is 11.0. The molecule has 0 unspecified atom stereocenters. The zero-order valence-corrected chi connectivity index (χ0v) is 11.8. The number of rotatable bonds is 3. The molecule has 0 bridgehead atoms. The number of aromatic nitrogens is 2. The SMILES string of the molecule is Cc1cc(F)cc(Nc2ncnc(Cl)c2C(C)C)c1. The first-order chi connectivity index (χ1) is 8.97. The Morgan fingerprint density at radius 2 is 1.95 bits per heavy atom. The van der Waals surface area contributed by atoms with Crippen molar-refractivity contribution in [3.63, 3.8) is 0 Å². The average Bonchev–Trinajstić information content (AvgIpc) is 2.26. The van der Waals surface area contributed by atoms with Gasteiger partial charge in [-0.25, -0.2) is 14.4 Å². The van der Waals surface area contributed by atoms with Crippen molar-refractivity contribution in [3.05, 3.63) is 46.6 Å². The zero-order chi connectivity index (χ0) is 14.0. The van der Waals surface area contributed by atoms with Crippen molar-refractivity contribution in [3.8, 4) is 0 Å². The van der Waals surface area contributed by atoms with Gasteiger partial charge in [0.15, 0.2) is 0 Å². The van der Waals surface area contributed by atoms with Crippen LogP contribution in [0, 0.1) is 12.7 Å². The molecule has 0 saturated heterocycles. The lowest BCUT2D eigenvalue weighted by molar-refractivity contribution is 0.627. The van der Waals surface area contributed by atoms with E-state index in [-0.39, 0.29) is 11.7 Å². The van der Waals surface area contributed by atoms with Crippen LogP contribution in [0.1, 0.15) is 30.9 Å². The third-order valence-corrected chi connectivity index (χ3v) is 3.02. The number of halogens is 2. The minimum atomic E-state index is -0.284. The van der Waals surface area contributed by atoms with Gasteiger partial charge in [0.1, 0.15) is 23.1 Å². The highest BCUT2D eigenvalue weighted by Gasteiger charge is 2.14. The lowest BCUT2D eigenvalue weighted by Crippen LogP contribution is -2.03. The van der Waals surface area contributed by atoms with Crippen molar-refractivity contribution in [2.24, 2.45) is 0 Å². The van der Waals surface area contributed by atoms with Crippen molar-refractivity contribution in [2.45, 2.75) is 26.7 Å². The van der Waals surface area contributed by atoms with E-state index in [4.69, 9.17) is 11.6 Å². The second kappa shape index (κ2) is 5.53. The Kier molecular flexibility index (Phi) is 4.00. The lowest BCUT2D eigenvalue weighted by atomic mass is 10.1. The molecule has 0 spiro atoms. The smallest absolute Gasteiger partial charge is 0.138 e. The number of hydrogen-bond donors (Lipinski definition) is 1. The molecule has 0 fully saturated rings. The summed E-state index contributed by atoms with van der Waals surface area (Å²) < 4.78 is 13.4. The van der Waals surface area contributed by atoms with Gasteiger partial charge in [0.2, 0.25) is 0 Å². The van der Waals surface area contributed by atoms with E-state index in [1.54, 1.807) is 0 Å². The van der Waals surface area contributed by atoms with Gasteiger partial charge in [0.25, 0.3) is 0 Å². The first-order valence-corrected chi connectivity index (χ1v) is 6.39. The molecule has 100 valence electrons. The van der Waals surface area contributed by atoms with Crippen LogP contribution in [0.4, 0.5) is 15.9 Å². The second-order valence-electron chi connectivity index (χ2n) is 4.72. The molecule has 0 saturated carbocycles. The monoisotopic (exact) mass is 279 g/mol. The maximum atomic E-state index is 13.4. The van der Waals surface area contributed by atoms with Crippen LogP contribution in [0.2, 0.25) is 5.15 Å². The number of anilines is 2. The highest BCUT2D eigenvalue weighted by atomic mass is 35.5. The summed E-state index contributed by atoms with van der Waals surface area (Å²) in [5.74, 6) is 0.500. The summed E-state index contributed by atoms with van der Waals surface area (Å²) in [6.07, 6.45) is 1.39. The third kappa shape index (κ3) is 3.20. The van der Waals surface area contributed by atoms with Crippen LogP contribution < -0.4 is 5.32 Å². The number of nitrogens with one attached hydrogen (secondary N) is 1. The Bertz CT molecular complexity index is 579. The average molecular weight is 280 g/mol. The van der Waals surface area contributed by atoms with E-state index in [0.29, 0.717) is 16.7 Å². The summed E-state index contributed by atoms with van der Waals surface area (Å²) in [6.45, 7) is 5.85. The minimum absolute atomic E-state index is 0.172. The third-order valence-electron chi connectivity index (χ3n) is 2.72. The number of benzene rings is 1. The summed E-state index contributed by atoms with van der Waals surface area (Å²) in [4.78, 5) is 8.16. The van der Waals surface area contributed by atoms with Gasteiger partial charge in [-0.1, -0.05) is 25.4 Å². The summed E-state index contributed by atoms with van der Waals surface area (Å²) in [5.41, 5.74) is 2.31. The molecule has 1 heterocycles. The van der Waals surface area contributed by atoms with E-state index in [1.807, 2.05) is 26.8 Å².